The van der Waals surface area contributed by atoms with Gasteiger partial charge >= 0.3 is 0 Å². The van der Waals surface area contributed by atoms with Crippen molar-refractivity contribution in [1.82, 2.24) is 5.32 Å². The minimum atomic E-state index is -1.70. The average Bonchev–Trinajstić information content (AvgIpc) is 2.18. The molecular weight excluding hydrogens is 203 g/mol. The maximum Gasteiger partial charge on any atom is 0.151 e. The van der Waals surface area contributed by atoms with Crippen LogP contribution < -0.4 is 5.32 Å². The van der Waals surface area contributed by atoms with Gasteiger partial charge in [-0.25, -0.2) is 13.2 Å². The van der Waals surface area contributed by atoms with Crippen LogP contribution in [0.15, 0.2) is 18.2 Å². The molecule has 1 atom stereocenters. The maximum atomic E-state index is 14.3. The lowest BCUT2D eigenvalue weighted by molar-refractivity contribution is 0.117. The summed E-state index contributed by atoms with van der Waals surface area (Å²) in [7, 11) is 0. The zero-order valence-electron chi connectivity index (χ0n) is 8.19. The highest BCUT2D eigenvalue weighted by atomic mass is 19.2. The van der Waals surface area contributed by atoms with E-state index in [1.807, 2.05) is 0 Å². The number of piperidine rings is 1. The van der Waals surface area contributed by atoms with Crippen LogP contribution in [0.1, 0.15) is 18.4 Å². The van der Waals surface area contributed by atoms with Crippen molar-refractivity contribution in [3.63, 3.8) is 0 Å². The standard InChI is InChI=1S/C11H12F3N/c12-8-2-3-9(10(13)6-8)11(14)4-1-5-15-7-11/h2-3,6,15H,1,4-5,7H2. The molecule has 82 valence electrons. The smallest absolute Gasteiger partial charge is 0.151 e. The second-order valence-electron chi connectivity index (χ2n) is 3.87. The Hall–Kier alpha value is -1.03. The molecule has 0 spiro atoms. The predicted octanol–water partition coefficient (Wildman–Crippen LogP) is 2.51. The Morgan fingerprint density at radius 2 is 2.07 bits per heavy atom. The Labute approximate surface area is 86.3 Å². The van der Waals surface area contributed by atoms with Gasteiger partial charge in [-0.1, -0.05) is 0 Å². The summed E-state index contributed by atoms with van der Waals surface area (Å²) in [5.41, 5.74) is -1.74. The first-order valence-corrected chi connectivity index (χ1v) is 4.97. The van der Waals surface area contributed by atoms with Crippen LogP contribution in [0.4, 0.5) is 13.2 Å². The van der Waals surface area contributed by atoms with E-state index < -0.39 is 17.3 Å². The molecule has 1 aromatic rings. The first-order chi connectivity index (χ1) is 7.12. The zero-order chi connectivity index (χ0) is 10.9. The Balaban J connectivity index is 2.35. The third kappa shape index (κ3) is 2.00. The predicted molar refractivity (Wildman–Crippen MR) is 51.2 cm³/mol. The largest absolute Gasteiger partial charge is 0.313 e. The van der Waals surface area contributed by atoms with Gasteiger partial charge in [0.15, 0.2) is 5.67 Å². The topological polar surface area (TPSA) is 12.0 Å². The summed E-state index contributed by atoms with van der Waals surface area (Å²) >= 11 is 0. The monoisotopic (exact) mass is 215 g/mol. The van der Waals surface area contributed by atoms with Crippen molar-refractivity contribution >= 4 is 0 Å². The van der Waals surface area contributed by atoms with Crippen molar-refractivity contribution in [2.75, 3.05) is 13.1 Å². The van der Waals surface area contributed by atoms with Crippen LogP contribution in [-0.4, -0.2) is 13.1 Å². The van der Waals surface area contributed by atoms with Crippen LogP contribution in [0, 0.1) is 11.6 Å². The molecule has 1 aromatic carbocycles. The molecule has 2 rings (SSSR count). The van der Waals surface area contributed by atoms with E-state index in [1.54, 1.807) is 0 Å². The normalized spacial score (nSPS) is 26.6. The number of halogens is 3. The van der Waals surface area contributed by atoms with Gasteiger partial charge in [-0.2, -0.15) is 0 Å². The van der Waals surface area contributed by atoms with Gasteiger partial charge in [0.1, 0.15) is 11.6 Å². The van der Waals surface area contributed by atoms with Gasteiger partial charge in [0.05, 0.1) is 0 Å². The number of rotatable bonds is 1. The van der Waals surface area contributed by atoms with Crippen LogP contribution in [0.3, 0.4) is 0 Å². The van der Waals surface area contributed by atoms with Gasteiger partial charge in [-0.3, -0.25) is 0 Å². The number of benzene rings is 1. The number of hydrogen-bond donors (Lipinski definition) is 1. The third-order valence-electron chi connectivity index (χ3n) is 2.75. The van der Waals surface area contributed by atoms with E-state index >= 15 is 0 Å². The second-order valence-corrected chi connectivity index (χ2v) is 3.87. The quantitative estimate of drug-likeness (QED) is 0.759. The fraction of sp³-hybridized carbons (Fsp3) is 0.455. The summed E-state index contributed by atoms with van der Waals surface area (Å²) in [5, 5.41) is 2.88. The molecule has 1 nitrogen and oxygen atoms in total. The van der Waals surface area contributed by atoms with Crippen LogP contribution in [0.5, 0.6) is 0 Å². The van der Waals surface area contributed by atoms with Crippen molar-refractivity contribution in [1.29, 1.82) is 0 Å². The van der Waals surface area contributed by atoms with Gasteiger partial charge in [-0.15, -0.1) is 0 Å². The van der Waals surface area contributed by atoms with Gasteiger partial charge < -0.3 is 5.32 Å². The molecular formula is C11H12F3N. The second kappa shape index (κ2) is 3.85. The van der Waals surface area contributed by atoms with E-state index in [1.165, 1.54) is 6.07 Å². The van der Waals surface area contributed by atoms with Crippen molar-refractivity contribution < 1.29 is 13.2 Å². The average molecular weight is 215 g/mol. The van der Waals surface area contributed by atoms with E-state index in [0.29, 0.717) is 6.42 Å². The molecule has 0 saturated carbocycles. The Kier molecular flexibility index (Phi) is 2.69. The molecule has 0 radical (unpaired) electrons. The lowest BCUT2D eigenvalue weighted by Crippen LogP contribution is -2.40. The molecule has 1 N–H and O–H groups in total. The van der Waals surface area contributed by atoms with E-state index in [2.05, 4.69) is 5.32 Å². The molecule has 0 bridgehead atoms. The van der Waals surface area contributed by atoms with Crippen LogP contribution >= 0.6 is 0 Å². The van der Waals surface area contributed by atoms with Gasteiger partial charge in [0.2, 0.25) is 0 Å². The molecule has 1 saturated heterocycles. The van der Waals surface area contributed by atoms with Crippen molar-refractivity contribution in [2.45, 2.75) is 18.5 Å². The fourth-order valence-electron chi connectivity index (χ4n) is 1.95. The lowest BCUT2D eigenvalue weighted by Gasteiger charge is -2.30. The van der Waals surface area contributed by atoms with Crippen molar-refractivity contribution in [2.24, 2.45) is 0 Å². The SMILES string of the molecule is Fc1ccc(C2(F)CCCNC2)c(F)c1. The minimum absolute atomic E-state index is 0.0453. The number of alkyl halides is 1. The highest BCUT2D eigenvalue weighted by Gasteiger charge is 2.36. The third-order valence-corrected chi connectivity index (χ3v) is 2.75. The van der Waals surface area contributed by atoms with Crippen LogP contribution in [0.25, 0.3) is 0 Å². The molecule has 0 aromatic heterocycles. The molecule has 15 heavy (non-hydrogen) atoms. The molecule has 0 aliphatic carbocycles. The Morgan fingerprint density at radius 1 is 1.27 bits per heavy atom. The van der Waals surface area contributed by atoms with Gasteiger partial charge in [0.25, 0.3) is 0 Å². The summed E-state index contributed by atoms with van der Waals surface area (Å²) in [4.78, 5) is 0. The van der Waals surface area contributed by atoms with E-state index in [-0.39, 0.29) is 18.5 Å². The summed E-state index contributed by atoms with van der Waals surface area (Å²) in [6.45, 7) is 0.837. The van der Waals surface area contributed by atoms with Crippen molar-refractivity contribution in [3.8, 4) is 0 Å². The van der Waals surface area contributed by atoms with E-state index in [4.69, 9.17) is 0 Å². The summed E-state index contributed by atoms with van der Waals surface area (Å²) < 4.78 is 40.3. The Morgan fingerprint density at radius 3 is 2.67 bits per heavy atom. The molecule has 1 unspecified atom stereocenters. The molecule has 1 heterocycles. The molecule has 4 heteroatoms. The number of nitrogens with one attached hydrogen (secondary N) is 1. The molecule has 1 aliphatic rings. The van der Waals surface area contributed by atoms with Gasteiger partial charge in [-0.05, 0) is 31.5 Å². The van der Waals surface area contributed by atoms with E-state index in [9.17, 15) is 13.2 Å². The summed E-state index contributed by atoms with van der Waals surface area (Å²) in [5.74, 6) is -1.48. The highest BCUT2D eigenvalue weighted by molar-refractivity contribution is 5.26. The van der Waals surface area contributed by atoms with Gasteiger partial charge in [0, 0.05) is 18.2 Å². The maximum absolute atomic E-state index is 14.3. The molecule has 0 amide bonds. The minimum Gasteiger partial charge on any atom is -0.313 e. The highest BCUT2D eigenvalue weighted by Crippen LogP contribution is 2.34. The van der Waals surface area contributed by atoms with Crippen LogP contribution in [-0.2, 0) is 5.67 Å². The van der Waals surface area contributed by atoms with Crippen LogP contribution in [0.2, 0.25) is 0 Å². The van der Waals surface area contributed by atoms with Crippen molar-refractivity contribution in [3.05, 3.63) is 35.4 Å². The fourth-order valence-corrected chi connectivity index (χ4v) is 1.95. The summed E-state index contributed by atoms with van der Waals surface area (Å²) in [6, 6.07) is 3.01. The first kappa shape index (κ1) is 10.5. The molecule has 1 fully saturated rings. The zero-order valence-corrected chi connectivity index (χ0v) is 8.19. The number of hydrogen-bond acceptors (Lipinski definition) is 1. The summed E-state index contributed by atoms with van der Waals surface area (Å²) in [6.07, 6.45) is 0.940. The first-order valence-electron chi connectivity index (χ1n) is 4.97. The molecule has 1 aliphatic heterocycles. The van der Waals surface area contributed by atoms with E-state index in [0.717, 1.165) is 18.7 Å². The Bertz CT molecular complexity index is 359. The lowest BCUT2D eigenvalue weighted by atomic mass is 9.88.